The third kappa shape index (κ3) is 6.96. The first kappa shape index (κ1) is 23.6. The summed E-state index contributed by atoms with van der Waals surface area (Å²) in [5.41, 5.74) is 2.17. The number of nitrogens with one attached hydrogen (secondary N) is 2. The first-order valence-corrected chi connectivity index (χ1v) is 11.1. The van der Waals surface area contributed by atoms with Crippen LogP contribution >= 0.6 is 24.0 Å². The zero-order valence-corrected chi connectivity index (χ0v) is 19.9. The van der Waals surface area contributed by atoms with Gasteiger partial charge in [0.05, 0.1) is 11.9 Å². The van der Waals surface area contributed by atoms with E-state index in [9.17, 15) is 8.42 Å². The fourth-order valence-corrected chi connectivity index (χ4v) is 4.27. The van der Waals surface area contributed by atoms with Crippen molar-refractivity contribution >= 4 is 40.0 Å². The maximum atomic E-state index is 12.2. The molecule has 1 aliphatic heterocycles. The van der Waals surface area contributed by atoms with E-state index in [-0.39, 0.29) is 29.7 Å². The van der Waals surface area contributed by atoms with Gasteiger partial charge in [-0.2, -0.15) is 5.10 Å². The fraction of sp³-hybridized carbons (Fsp3) is 0.474. The molecule has 1 aromatic heterocycles. The third-order valence-electron chi connectivity index (χ3n) is 4.89. The lowest BCUT2D eigenvalue weighted by Gasteiger charge is -2.21. The molecule has 10 heteroatoms. The van der Waals surface area contributed by atoms with Crippen LogP contribution in [0.2, 0.25) is 0 Å². The molecule has 1 fully saturated rings. The molecule has 0 radical (unpaired) electrons. The normalized spacial score (nSPS) is 17.2. The number of benzene rings is 1. The van der Waals surface area contributed by atoms with Gasteiger partial charge in [0.15, 0.2) is 5.96 Å². The van der Waals surface area contributed by atoms with Crippen LogP contribution in [0.25, 0.3) is 0 Å². The topological polar surface area (TPSA) is 91.6 Å². The van der Waals surface area contributed by atoms with Gasteiger partial charge in [0.25, 0.3) is 0 Å². The second kappa shape index (κ2) is 10.9. The van der Waals surface area contributed by atoms with E-state index in [1.54, 1.807) is 7.05 Å². The number of sulfonamides is 1. The lowest BCUT2D eigenvalue weighted by Crippen LogP contribution is -2.42. The number of aromatic nitrogens is 2. The van der Waals surface area contributed by atoms with Crippen LogP contribution in [0, 0.1) is 0 Å². The predicted octanol–water partition coefficient (Wildman–Crippen LogP) is 1.52. The molecule has 1 aromatic carbocycles. The van der Waals surface area contributed by atoms with Crippen LogP contribution in [0.15, 0.2) is 47.7 Å². The molecule has 1 unspecified atom stereocenters. The van der Waals surface area contributed by atoms with Gasteiger partial charge in [-0.25, -0.2) is 13.1 Å². The molecule has 1 atom stereocenters. The first-order chi connectivity index (χ1) is 13.5. The van der Waals surface area contributed by atoms with Crippen molar-refractivity contribution < 1.29 is 8.42 Å². The summed E-state index contributed by atoms with van der Waals surface area (Å²) in [4.78, 5) is 6.48. The van der Waals surface area contributed by atoms with Gasteiger partial charge in [-0.05, 0) is 17.5 Å². The molecule has 0 amide bonds. The molecule has 160 valence electrons. The molecule has 0 bridgehead atoms. The maximum absolute atomic E-state index is 12.2. The van der Waals surface area contributed by atoms with Crippen molar-refractivity contribution in [2.45, 2.75) is 18.9 Å². The van der Waals surface area contributed by atoms with Crippen molar-refractivity contribution in [3.8, 4) is 0 Å². The highest BCUT2D eigenvalue weighted by atomic mass is 127. The zero-order chi connectivity index (χ0) is 20.0. The average molecular weight is 532 g/mol. The van der Waals surface area contributed by atoms with Gasteiger partial charge in [-0.15, -0.1) is 24.0 Å². The van der Waals surface area contributed by atoms with E-state index >= 15 is 0 Å². The number of aliphatic imine (C=N–C) groups is 1. The number of likely N-dealkylation sites (tertiary alicyclic amines) is 1. The van der Waals surface area contributed by atoms with Crippen molar-refractivity contribution in [2.24, 2.45) is 12.0 Å². The zero-order valence-electron chi connectivity index (χ0n) is 16.8. The third-order valence-corrected chi connectivity index (χ3v) is 6.21. The van der Waals surface area contributed by atoms with E-state index in [0.717, 1.165) is 31.0 Å². The number of halogens is 1. The summed E-state index contributed by atoms with van der Waals surface area (Å²) in [7, 11) is 0.288. The van der Waals surface area contributed by atoms with E-state index < -0.39 is 10.0 Å². The Balaban J connectivity index is 0.00000300. The van der Waals surface area contributed by atoms with E-state index in [2.05, 4.69) is 31.2 Å². The molecular formula is C19H29IN6O2S. The van der Waals surface area contributed by atoms with Crippen LogP contribution in [-0.2, 0) is 23.6 Å². The van der Waals surface area contributed by atoms with E-state index in [1.807, 2.05) is 48.3 Å². The molecule has 0 spiro atoms. The Labute approximate surface area is 189 Å². The lowest BCUT2D eigenvalue weighted by molar-refractivity contribution is 0.488. The number of hydrogen-bond donors (Lipinski definition) is 2. The summed E-state index contributed by atoms with van der Waals surface area (Å²) >= 11 is 0. The summed E-state index contributed by atoms with van der Waals surface area (Å²) in [5, 5.41) is 7.42. The van der Waals surface area contributed by atoms with Crippen molar-refractivity contribution in [1.82, 2.24) is 24.7 Å². The number of aryl methyl sites for hydroxylation is 1. The molecule has 1 aliphatic rings. The van der Waals surface area contributed by atoms with E-state index in [0.29, 0.717) is 19.0 Å². The van der Waals surface area contributed by atoms with Crippen LogP contribution in [-0.4, -0.2) is 61.5 Å². The maximum Gasteiger partial charge on any atom is 0.213 e. The van der Waals surface area contributed by atoms with Crippen LogP contribution in [0.4, 0.5) is 0 Å². The van der Waals surface area contributed by atoms with Crippen molar-refractivity contribution in [3.63, 3.8) is 0 Å². The Morgan fingerprint density at radius 3 is 2.72 bits per heavy atom. The number of guanidine groups is 1. The molecule has 8 nitrogen and oxygen atoms in total. The number of rotatable bonds is 7. The second-order valence-corrected chi connectivity index (χ2v) is 8.90. The Hall–Kier alpha value is -1.66. The molecule has 0 aliphatic carbocycles. The van der Waals surface area contributed by atoms with E-state index in [4.69, 9.17) is 0 Å². The molecule has 1 saturated heterocycles. The summed E-state index contributed by atoms with van der Waals surface area (Å²) < 4.78 is 28.9. The standard InChI is InChI=1S/C19H28N6O2S.HI/c1-20-19(25-10-8-17(15-25)18-13-22-24(2)14-18)21-9-11-28(26,27)23-12-16-6-4-3-5-7-16;/h3-7,13-14,17,23H,8-12,15H2,1-2H3,(H,20,21);1H. The Morgan fingerprint density at radius 1 is 1.31 bits per heavy atom. The number of hydrogen-bond acceptors (Lipinski definition) is 4. The van der Waals surface area contributed by atoms with Gasteiger partial charge >= 0.3 is 0 Å². The summed E-state index contributed by atoms with van der Waals surface area (Å²) in [5.74, 6) is 1.16. The highest BCUT2D eigenvalue weighted by molar-refractivity contribution is 14.0. The molecule has 2 N–H and O–H groups in total. The molecule has 2 heterocycles. The van der Waals surface area contributed by atoms with Crippen LogP contribution < -0.4 is 10.0 Å². The Kier molecular flexibility index (Phi) is 8.90. The average Bonchev–Trinajstić information content (AvgIpc) is 3.34. The molecular weight excluding hydrogens is 503 g/mol. The van der Waals surface area contributed by atoms with Gasteiger partial charge in [-0.3, -0.25) is 9.67 Å². The minimum atomic E-state index is -3.36. The molecule has 2 aromatic rings. The monoisotopic (exact) mass is 532 g/mol. The predicted molar refractivity (Wildman–Crippen MR) is 126 cm³/mol. The summed E-state index contributed by atoms with van der Waals surface area (Å²) in [6.07, 6.45) is 4.99. The van der Waals surface area contributed by atoms with Gasteiger partial charge in [0.2, 0.25) is 10.0 Å². The van der Waals surface area contributed by atoms with E-state index in [1.165, 1.54) is 5.56 Å². The minimum Gasteiger partial charge on any atom is -0.355 e. The van der Waals surface area contributed by atoms with Crippen LogP contribution in [0.3, 0.4) is 0 Å². The van der Waals surface area contributed by atoms with Gasteiger partial charge in [0, 0.05) is 52.4 Å². The van der Waals surface area contributed by atoms with Crippen LogP contribution in [0.1, 0.15) is 23.5 Å². The summed E-state index contributed by atoms with van der Waals surface area (Å²) in [6.45, 7) is 2.35. The van der Waals surface area contributed by atoms with Crippen molar-refractivity contribution in [2.75, 3.05) is 32.4 Å². The smallest absolute Gasteiger partial charge is 0.213 e. The molecule has 3 rings (SSSR count). The number of nitrogens with zero attached hydrogens (tertiary/aromatic N) is 4. The SMILES string of the molecule is CN=C(NCCS(=O)(=O)NCc1ccccc1)N1CCC(c2cnn(C)c2)C1.I. The first-order valence-electron chi connectivity index (χ1n) is 9.42. The second-order valence-electron chi connectivity index (χ2n) is 6.98. The van der Waals surface area contributed by atoms with Gasteiger partial charge < -0.3 is 10.2 Å². The minimum absolute atomic E-state index is 0. The molecule has 0 saturated carbocycles. The van der Waals surface area contributed by atoms with Crippen molar-refractivity contribution in [1.29, 1.82) is 0 Å². The summed E-state index contributed by atoms with van der Waals surface area (Å²) in [6, 6.07) is 9.49. The highest BCUT2D eigenvalue weighted by Gasteiger charge is 2.27. The largest absolute Gasteiger partial charge is 0.355 e. The van der Waals surface area contributed by atoms with Crippen molar-refractivity contribution in [3.05, 3.63) is 53.9 Å². The Morgan fingerprint density at radius 2 is 2.07 bits per heavy atom. The lowest BCUT2D eigenvalue weighted by atomic mass is 10.0. The highest BCUT2D eigenvalue weighted by Crippen LogP contribution is 2.26. The van der Waals surface area contributed by atoms with Gasteiger partial charge in [0.1, 0.15) is 0 Å². The Bertz CT molecular complexity index is 900. The van der Waals surface area contributed by atoms with Gasteiger partial charge in [-0.1, -0.05) is 30.3 Å². The molecule has 29 heavy (non-hydrogen) atoms. The quantitative estimate of drug-likeness (QED) is 0.321. The van der Waals surface area contributed by atoms with Crippen LogP contribution in [0.5, 0.6) is 0 Å². The fourth-order valence-electron chi connectivity index (χ4n) is 3.37.